The molecule has 4 amide bonds. The van der Waals surface area contributed by atoms with E-state index in [0.29, 0.717) is 0 Å². The molecule has 0 saturated heterocycles. The Hall–Kier alpha value is -4.08. The van der Waals surface area contributed by atoms with Crippen LogP contribution >= 0.6 is 0 Å². The molecule has 0 aromatic heterocycles. The number of benzene rings is 2. The Kier molecular flexibility index (Phi) is 5.21. The minimum atomic E-state index is -0.733. The Morgan fingerprint density at radius 2 is 0.906 bits per heavy atom. The fourth-order valence-electron chi connectivity index (χ4n) is 3.93. The van der Waals surface area contributed by atoms with Crippen LogP contribution in [0.1, 0.15) is 55.3 Å². The second kappa shape index (κ2) is 7.88. The molecule has 0 N–H and O–H groups in total. The highest BCUT2D eigenvalue weighted by molar-refractivity contribution is 6.33. The van der Waals surface area contributed by atoms with Gasteiger partial charge in [-0.15, -0.1) is 0 Å². The number of carbonyl (C=O) groups is 6. The zero-order chi connectivity index (χ0) is 23.2. The van der Waals surface area contributed by atoms with E-state index in [4.69, 9.17) is 9.47 Å². The van der Waals surface area contributed by atoms with Crippen molar-refractivity contribution in [3.05, 3.63) is 46.5 Å². The zero-order valence-electron chi connectivity index (χ0n) is 17.3. The Morgan fingerprint density at radius 3 is 1.16 bits per heavy atom. The Morgan fingerprint density at radius 1 is 0.625 bits per heavy atom. The topological polar surface area (TPSA) is 127 Å². The van der Waals surface area contributed by atoms with Crippen LogP contribution in [0.2, 0.25) is 0 Å². The second-order valence-electron chi connectivity index (χ2n) is 7.07. The van der Waals surface area contributed by atoms with E-state index in [2.05, 4.69) is 0 Å². The average Bonchev–Trinajstić information content (AvgIpc) is 2.76. The summed E-state index contributed by atoms with van der Waals surface area (Å²) in [4.78, 5) is 77.2. The number of ether oxygens (including phenoxy) is 2. The molecule has 10 nitrogen and oxygen atoms in total. The van der Waals surface area contributed by atoms with Gasteiger partial charge in [-0.05, 0) is 38.1 Å². The standard InChI is InChI=1S/C22H18N2O8/c1-3-31-15(25)9-23-19(27)11-5-7-13-18-14(8-6-12(17(11)18)20(23)28)22(30)24(21(13)29)10-16(26)32-4-2/h5-8H,3-4,9-10H2,1-2H3. The smallest absolute Gasteiger partial charge is 0.326 e. The van der Waals surface area contributed by atoms with Crippen LogP contribution < -0.4 is 0 Å². The first-order valence-corrected chi connectivity index (χ1v) is 9.93. The molecule has 2 aromatic carbocycles. The molecule has 2 aliphatic heterocycles. The fourth-order valence-corrected chi connectivity index (χ4v) is 3.93. The number of esters is 2. The van der Waals surface area contributed by atoms with Gasteiger partial charge in [-0.3, -0.25) is 38.6 Å². The highest BCUT2D eigenvalue weighted by Crippen LogP contribution is 2.37. The van der Waals surface area contributed by atoms with Crippen LogP contribution in [-0.2, 0) is 19.1 Å². The molecule has 0 spiro atoms. The van der Waals surface area contributed by atoms with Gasteiger partial charge in [0, 0.05) is 33.0 Å². The van der Waals surface area contributed by atoms with E-state index in [0.717, 1.165) is 9.80 Å². The molecule has 0 bridgehead atoms. The highest BCUT2D eigenvalue weighted by atomic mass is 16.5. The number of carbonyl (C=O) groups excluding carboxylic acids is 6. The van der Waals surface area contributed by atoms with E-state index in [1.807, 2.05) is 0 Å². The largest absolute Gasteiger partial charge is 0.465 e. The van der Waals surface area contributed by atoms with Crippen LogP contribution in [0, 0.1) is 0 Å². The maximum Gasteiger partial charge on any atom is 0.326 e. The van der Waals surface area contributed by atoms with Crippen molar-refractivity contribution in [2.24, 2.45) is 0 Å². The van der Waals surface area contributed by atoms with Crippen molar-refractivity contribution >= 4 is 46.3 Å². The summed E-state index contributed by atoms with van der Waals surface area (Å²) in [6, 6.07) is 5.48. The highest BCUT2D eigenvalue weighted by Gasteiger charge is 2.40. The maximum absolute atomic E-state index is 13.0. The monoisotopic (exact) mass is 438 g/mol. The summed E-state index contributed by atoms with van der Waals surface area (Å²) in [5, 5.41) is 0.347. The van der Waals surface area contributed by atoms with Gasteiger partial charge in [-0.1, -0.05) is 0 Å². The van der Waals surface area contributed by atoms with Crippen molar-refractivity contribution in [2.45, 2.75) is 13.8 Å². The third kappa shape index (κ3) is 3.11. The van der Waals surface area contributed by atoms with Crippen LogP contribution in [-0.4, -0.2) is 71.7 Å². The molecule has 10 heteroatoms. The summed E-state index contributed by atoms with van der Waals surface area (Å²) in [6.45, 7) is 2.30. The molecule has 2 aliphatic rings. The van der Waals surface area contributed by atoms with Gasteiger partial charge in [0.25, 0.3) is 23.6 Å². The molecule has 0 unspecified atom stereocenters. The molecule has 2 aromatic rings. The number of rotatable bonds is 6. The van der Waals surface area contributed by atoms with E-state index in [9.17, 15) is 28.8 Å². The predicted molar refractivity (Wildman–Crippen MR) is 108 cm³/mol. The third-order valence-electron chi connectivity index (χ3n) is 5.25. The average molecular weight is 438 g/mol. The molecule has 164 valence electrons. The molecule has 0 fully saturated rings. The van der Waals surface area contributed by atoms with Gasteiger partial charge in [-0.2, -0.15) is 0 Å². The summed E-state index contributed by atoms with van der Waals surface area (Å²) < 4.78 is 9.68. The normalized spacial score (nSPS) is 14.8. The van der Waals surface area contributed by atoms with Gasteiger partial charge < -0.3 is 9.47 Å². The quantitative estimate of drug-likeness (QED) is 0.486. The fraction of sp³-hybridized carbons (Fsp3) is 0.273. The number of imide groups is 2. The molecular formula is C22H18N2O8. The van der Waals surface area contributed by atoms with Crippen LogP contribution in [0.3, 0.4) is 0 Å². The third-order valence-corrected chi connectivity index (χ3v) is 5.25. The van der Waals surface area contributed by atoms with E-state index >= 15 is 0 Å². The number of hydrogen-bond acceptors (Lipinski definition) is 8. The van der Waals surface area contributed by atoms with E-state index in [-0.39, 0.29) is 46.2 Å². The summed E-state index contributed by atoms with van der Waals surface area (Å²) in [7, 11) is 0. The Labute approximate surface area is 181 Å². The van der Waals surface area contributed by atoms with E-state index < -0.39 is 48.7 Å². The van der Waals surface area contributed by atoms with Crippen LogP contribution in [0.4, 0.5) is 0 Å². The molecular weight excluding hydrogens is 420 g/mol. The number of hydrogen-bond donors (Lipinski definition) is 0. The first kappa shape index (κ1) is 21.2. The van der Waals surface area contributed by atoms with Crippen LogP contribution in [0.25, 0.3) is 10.8 Å². The van der Waals surface area contributed by atoms with E-state index in [1.165, 1.54) is 24.3 Å². The van der Waals surface area contributed by atoms with Gasteiger partial charge in [-0.25, -0.2) is 0 Å². The zero-order valence-corrected chi connectivity index (χ0v) is 17.3. The van der Waals surface area contributed by atoms with Gasteiger partial charge in [0.1, 0.15) is 13.1 Å². The second-order valence-corrected chi connectivity index (χ2v) is 7.07. The molecule has 2 heterocycles. The molecule has 0 saturated carbocycles. The van der Waals surface area contributed by atoms with Crippen molar-refractivity contribution in [2.75, 3.05) is 26.3 Å². The van der Waals surface area contributed by atoms with Crippen molar-refractivity contribution in [3.63, 3.8) is 0 Å². The Balaban J connectivity index is 1.82. The summed E-state index contributed by atoms with van der Waals surface area (Å²) in [5.41, 5.74) is 0.348. The van der Waals surface area contributed by atoms with Gasteiger partial charge in [0.15, 0.2) is 0 Å². The van der Waals surface area contributed by atoms with Crippen molar-refractivity contribution < 1.29 is 38.2 Å². The lowest BCUT2D eigenvalue weighted by molar-refractivity contribution is -0.144. The van der Waals surface area contributed by atoms with E-state index in [1.54, 1.807) is 13.8 Å². The van der Waals surface area contributed by atoms with Crippen LogP contribution in [0.5, 0.6) is 0 Å². The summed E-state index contributed by atoms with van der Waals surface area (Å²) in [5.74, 6) is -4.38. The van der Waals surface area contributed by atoms with Gasteiger partial charge in [0.2, 0.25) is 0 Å². The van der Waals surface area contributed by atoms with Crippen molar-refractivity contribution in [1.82, 2.24) is 9.80 Å². The number of amides is 4. The minimum absolute atomic E-state index is 0.0870. The predicted octanol–water partition coefficient (Wildman–Crippen LogP) is 1.16. The van der Waals surface area contributed by atoms with Crippen molar-refractivity contribution in [1.29, 1.82) is 0 Å². The first-order chi connectivity index (χ1) is 15.3. The summed E-state index contributed by atoms with van der Waals surface area (Å²) in [6.07, 6.45) is 0. The SMILES string of the molecule is CCOC(=O)CN1C(=O)c2ccc3c4c(ccc(c24)C1=O)C(=O)N(CC(=O)OCC)C3=O. The van der Waals surface area contributed by atoms with Crippen molar-refractivity contribution in [3.8, 4) is 0 Å². The number of nitrogens with zero attached hydrogens (tertiary/aromatic N) is 2. The maximum atomic E-state index is 13.0. The lowest BCUT2D eigenvalue weighted by Gasteiger charge is -2.31. The molecule has 0 radical (unpaired) electrons. The molecule has 0 atom stereocenters. The van der Waals surface area contributed by atoms with Gasteiger partial charge in [0.05, 0.1) is 13.2 Å². The van der Waals surface area contributed by atoms with Gasteiger partial charge >= 0.3 is 11.9 Å². The lowest BCUT2D eigenvalue weighted by atomic mass is 9.86. The molecule has 32 heavy (non-hydrogen) atoms. The van der Waals surface area contributed by atoms with Crippen LogP contribution in [0.15, 0.2) is 24.3 Å². The Bertz CT molecular complexity index is 1070. The minimum Gasteiger partial charge on any atom is -0.465 e. The molecule has 0 aliphatic carbocycles. The lowest BCUT2D eigenvalue weighted by Crippen LogP contribution is -2.46. The summed E-state index contributed by atoms with van der Waals surface area (Å²) >= 11 is 0. The first-order valence-electron chi connectivity index (χ1n) is 9.93. The molecule has 4 rings (SSSR count).